The van der Waals surface area contributed by atoms with Gasteiger partial charge in [-0.3, -0.25) is 14.2 Å². The summed E-state index contributed by atoms with van der Waals surface area (Å²) in [7, 11) is 0. The van der Waals surface area contributed by atoms with Crippen molar-refractivity contribution >= 4 is 32.7 Å². The first-order chi connectivity index (χ1) is 15.6. The van der Waals surface area contributed by atoms with Gasteiger partial charge in [0.1, 0.15) is 6.54 Å². The van der Waals surface area contributed by atoms with Gasteiger partial charge in [-0.15, -0.1) is 0 Å². The molecule has 0 aliphatic rings. The first-order valence-electron chi connectivity index (χ1n) is 10.2. The molecule has 0 atom stereocenters. The lowest BCUT2D eigenvalue weighted by Gasteiger charge is -2.12. The summed E-state index contributed by atoms with van der Waals surface area (Å²) in [5, 5.41) is 3.36. The predicted octanol–water partition coefficient (Wildman–Crippen LogP) is 4.19. The van der Waals surface area contributed by atoms with E-state index in [1.54, 1.807) is 12.1 Å². The van der Waals surface area contributed by atoms with E-state index < -0.39 is 0 Å². The van der Waals surface area contributed by atoms with Gasteiger partial charge in [-0.25, -0.2) is 4.98 Å². The summed E-state index contributed by atoms with van der Waals surface area (Å²) in [6.07, 6.45) is 1.41. The summed E-state index contributed by atoms with van der Waals surface area (Å²) < 4.78 is 7.95. The molecule has 0 spiro atoms. The fourth-order valence-electron chi connectivity index (χ4n) is 3.37. The molecule has 0 saturated carbocycles. The first-order valence-corrected chi connectivity index (χ1v) is 11.0. The Morgan fingerprint density at radius 2 is 1.72 bits per heavy atom. The smallest absolute Gasteiger partial charge is 0.261 e. The Balaban J connectivity index is 1.37. The molecular formula is C25H22BrN3O3. The summed E-state index contributed by atoms with van der Waals surface area (Å²) in [5.74, 6) is -0.261. The third-order valence-electron chi connectivity index (χ3n) is 5.06. The monoisotopic (exact) mass is 491 g/mol. The van der Waals surface area contributed by atoms with E-state index in [0.717, 1.165) is 21.2 Å². The summed E-state index contributed by atoms with van der Waals surface area (Å²) in [6, 6.07) is 23.1. The van der Waals surface area contributed by atoms with Crippen LogP contribution in [0.3, 0.4) is 0 Å². The van der Waals surface area contributed by atoms with Crippen molar-refractivity contribution in [3.63, 3.8) is 0 Å². The second-order valence-electron chi connectivity index (χ2n) is 7.36. The lowest BCUT2D eigenvalue weighted by molar-refractivity contribution is -0.121. The number of carbonyl (C=O) groups is 1. The van der Waals surface area contributed by atoms with Gasteiger partial charge in [0.25, 0.3) is 5.56 Å². The SMILES string of the molecule is O=C(Cn1cnc2ccc(Br)cc2c1=O)NCc1ccccc1COCc1ccccc1. The summed E-state index contributed by atoms with van der Waals surface area (Å²) >= 11 is 3.37. The van der Waals surface area contributed by atoms with E-state index >= 15 is 0 Å². The van der Waals surface area contributed by atoms with Gasteiger partial charge in [0.05, 0.1) is 30.4 Å². The van der Waals surface area contributed by atoms with E-state index in [1.807, 2.05) is 60.7 Å². The van der Waals surface area contributed by atoms with Crippen LogP contribution in [0.15, 0.2) is 88.4 Å². The van der Waals surface area contributed by atoms with Crippen molar-refractivity contribution in [2.75, 3.05) is 0 Å². The van der Waals surface area contributed by atoms with Crippen LogP contribution in [0.5, 0.6) is 0 Å². The summed E-state index contributed by atoms with van der Waals surface area (Å²) in [4.78, 5) is 29.5. The summed E-state index contributed by atoms with van der Waals surface area (Å²) in [5.41, 5.74) is 3.44. The molecule has 7 heteroatoms. The highest BCUT2D eigenvalue weighted by molar-refractivity contribution is 9.10. The Kier molecular flexibility index (Phi) is 7.09. The van der Waals surface area contributed by atoms with Gasteiger partial charge in [-0.1, -0.05) is 70.5 Å². The number of rotatable bonds is 8. The van der Waals surface area contributed by atoms with Gasteiger partial charge >= 0.3 is 0 Å². The van der Waals surface area contributed by atoms with Crippen molar-refractivity contribution in [2.24, 2.45) is 0 Å². The van der Waals surface area contributed by atoms with E-state index in [1.165, 1.54) is 10.9 Å². The third kappa shape index (κ3) is 5.49. The number of benzene rings is 3. The molecule has 32 heavy (non-hydrogen) atoms. The average Bonchev–Trinajstić information content (AvgIpc) is 2.81. The lowest BCUT2D eigenvalue weighted by Crippen LogP contribution is -2.32. The molecular weight excluding hydrogens is 470 g/mol. The van der Waals surface area contributed by atoms with Crippen LogP contribution >= 0.6 is 15.9 Å². The van der Waals surface area contributed by atoms with Crippen molar-refractivity contribution in [3.05, 3.63) is 111 Å². The first kappa shape index (κ1) is 21.9. The van der Waals surface area contributed by atoms with Crippen molar-refractivity contribution in [1.82, 2.24) is 14.9 Å². The number of hydrogen-bond donors (Lipinski definition) is 1. The highest BCUT2D eigenvalue weighted by Gasteiger charge is 2.10. The average molecular weight is 492 g/mol. The normalized spacial score (nSPS) is 10.9. The second kappa shape index (κ2) is 10.3. The molecule has 0 radical (unpaired) electrons. The number of hydrogen-bond acceptors (Lipinski definition) is 4. The predicted molar refractivity (Wildman–Crippen MR) is 127 cm³/mol. The number of carbonyl (C=O) groups excluding carboxylic acids is 1. The quantitative estimate of drug-likeness (QED) is 0.401. The Bertz CT molecular complexity index is 1290. The highest BCUT2D eigenvalue weighted by Crippen LogP contribution is 2.15. The fraction of sp³-hybridized carbons (Fsp3) is 0.160. The molecule has 0 unspecified atom stereocenters. The number of amides is 1. The fourth-order valence-corrected chi connectivity index (χ4v) is 3.73. The van der Waals surface area contributed by atoms with Crippen LogP contribution in [0.4, 0.5) is 0 Å². The lowest BCUT2D eigenvalue weighted by atomic mass is 10.1. The van der Waals surface area contributed by atoms with Crippen LogP contribution in [0, 0.1) is 0 Å². The summed E-state index contributed by atoms with van der Waals surface area (Å²) in [6.45, 7) is 1.23. The van der Waals surface area contributed by atoms with Crippen LogP contribution in [-0.4, -0.2) is 15.5 Å². The van der Waals surface area contributed by atoms with E-state index in [-0.39, 0.29) is 18.0 Å². The van der Waals surface area contributed by atoms with Crippen LogP contribution in [-0.2, 0) is 35.8 Å². The Morgan fingerprint density at radius 1 is 0.969 bits per heavy atom. The zero-order chi connectivity index (χ0) is 22.3. The standard InChI is InChI=1S/C25H22BrN3O3/c26-21-10-11-23-22(12-21)25(31)29(17-28-23)14-24(30)27-13-19-8-4-5-9-20(19)16-32-15-18-6-2-1-3-7-18/h1-12,17H,13-16H2,(H,27,30). The van der Waals surface area contributed by atoms with Crippen LogP contribution in [0.1, 0.15) is 16.7 Å². The Hall–Kier alpha value is -3.29. The van der Waals surface area contributed by atoms with Gasteiger partial charge in [0, 0.05) is 11.0 Å². The van der Waals surface area contributed by atoms with Gasteiger partial charge in [-0.05, 0) is 34.9 Å². The molecule has 162 valence electrons. The molecule has 1 heterocycles. The number of aromatic nitrogens is 2. The number of ether oxygens (including phenoxy) is 1. The van der Waals surface area contributed by atoms with E-state index in [2.05, 4.69) is 26.2 Å². The van der Waals surface area contributed by atoms with Gasteiger partial charge in [0.15, 0.2) is 0 Å². The number of halogens is 1. The van der Waals surface area contributed by atoms with Gasteiger partial charge in [-0.2, -0.15) is 0 Å². The Morgan fingerprint density at radius 3 is 2.53 bits per heavy atom. The molecule has 0 aliphatic carbocycles. The van der Waals surface area contributed by atoms with E-state index in [9.17, 15) is 9.59 Å². The molecule has 4 rings (SSSR count). The molecule has 1 amide bonds. The molecule has 0 aliphatic heterocycles. The molecule has 0 fully saturated rings. The molecule has 0 bridgehead atoms. The minimum absolute atomic E-state index is 0.0963. The Labute approximate surface area is 194 Å². The van der Waals surface area contributed by atoms with Gasteiger partial charge in [0.2, 0.25) is 5.91 Å². The second-order valence-corrected chi connectivity index (χ2v) is 8.28. The minimum Gasteiger partial charge on any atom is -0.372 e. The zero-order valence-electron chi connectivity index (χ0n) is 17.3. The molecule has 4 aromatic rings. The topological polar surface area (TPSA) is 73.2 Å². The van der Waals surface area contributed by atoms with E-state index in [0.29, 0.717) is 30.7 Å². The maximum atomic E-state index is 12.7. The van der Waals surface area contributed by atoms with Crippen molar-refractivity contribution in [2.45, 2.75) is 26.3 Å². The third-order valence-corrected chi connectivity index (χ3v) is 5.56. The van der Waals surface area contributed by atoms with Gasteiger partial charge < -0.3 is 10.1 Å². The molecule has 1 N–H and O–H groups in total. The molecule has 3 aromatic carbocycles. The molecule has 1 aromatic heterocycles. The number of fused-ring (bicyclic) bond motifs is 1. The van der Waals surface area contributed by atoms with Crippen molar-refractivity contribution in [1.29, 1.82) is 0 Å². The minimum atomic E-state index is -0.261. The van der Waals surface area contributed by atoms with E-state index in [4.69, 9.17) is 4.74 Å². The highest BCUT2D eigenvalue weighted by atomic mass is 79.9. The largest absolute Gasteiger partial charge is 0.372 e. The van der Waals surface area contributed by atoms with Crippen LogP contribution < -0.4 is 10.9 Å². The maximum absolute atomic E-state index is 12.7. The van der Waals surface area contributed by atoms with Crippen LogP contribution in [0.2, 0.25) is 0 Å². The number of nitrogens with one attached hydrogen (secondary N) is 1. The number of nitrogens with zero attached hydrogens (tertiary/aromatic N) is 2. The molecule has 6 nitrogen and oxygen atoms in total. The van der Waals surface area contributed by atoms with Crippen molar-refractivity contribution < 1.29 is 9.53 Å². The molecule has 0 saturated heterocycles. The van der Waals surface area contributed by atoms with Crippen LogP contribution in [0.25, 0.3) is 10.9 Å². The zero-order valence-corrected chi connectivity index (χ0v) is 18.9. The van der Waals surface area contributed by atoms with Crippen molar-refractivity contribution in [3.8, 4) is 0 Å². The maximum Gasteiger partial charge on any atom is 0.261 e.